The quantitative estimate of drug-likeness (QED) is 0.0725. The number of aliphatic hydroxyl groups excluding tert-OH is 1. The van der Waals surface area contributed by atoms with E-state index in [1.54, 1.807) is 90.0 Å². The lowest BCUT2D eigenvalue weighted by Gasteiger charge is -2.52. The highest BCUT2D eigenvalue weighted by Crippen LogP contribution is 2.42. The number of hydrogen-bond donors (Lipinski definition) is 3. The van der Waals surface area contributed by atoms with Gasteiger partial charge in [-0.15, -0.1) is 11.8 Å². The van der Waals surface area contributed by atoms with Crippen molar-refractivity contribution in [2.45, 2.75) is 117 Å². The van der Waals surface area contributed by atoms with Crippen LogP contribution < -0.4 is 5.32 Å². The number of thioether (sulfide) groups is 1. The average molecular weight is 964 g/mol. The van der Waals surface area contributed by atoms with Crippen LogP contribution in [0.2, 0.25) is 0 Å². The van der Waals surface area contributed by atoms with Gasteiger partial charge in [0.25, 0.3) is 0 Å². The summed E-state index contributed by atoms with van der Waals surface area (Å²) >= 11 is 5.89. The Kier molecular flexibility index (Phi) is 25.5. The Hall–Kier alpha value is -0.360. The molecule has 3 aliphatic heterocycles. The normalized spacial score (nSPS) is 39.7. The van der Waals surface area contributed by atoms with Gasteiger partial charge in [0.05, 0.1) is 63.9 Å². The lowest BCUT2D eigenvalue weighted by molar-refractivity contribution is -0.381. The summed E-state index contributed by atoms with van der Waals surface area (Å²) in [6, 6.07) is -0.910. The van der Waals surface area contributed by atoms with Crippen LogP contribution in [0.4, 0.5) is 0 Å². The van der Waals surface area contributed by atoms with E-state index < -0.39 is 110 Å². The van der Waals surface area contributed by atoms with Gasteiger partial charge in [0.2, 0.25) is 0 Å². The first kappa shape index (κ1) is 56.2. The standard InChI is InChI=1S/C42H77NO19S2/c1-22-27(43-28-33(50-7)29(48-5)23(18-44)24(19-45-2)39(28)64-17-15-57-14-16-63)32(49-6)36(53-10)41(58-22)61-31-26(21-47-4)60-42(38(55-12)35(31)52-9)62-30-25(20-46-3)59-40(56-13)37(54-11)34(30)51-8/h22-23,25-38,40-44,63H,14-21H2,1-13H3/t22?,23-,25?,26?,27-,28-,29-,30-,31-,32-,33?,34-,35-,36?,37?,38?,40?,41-,42-/m0/s1. The van der Waals surface area contributed by atoms with Crippen LogP contribution >= 0.6 is 24.4 Å². The van der Waals surface area contributed by atoms with Crippen molar-refractivity contribution >= 4 is 24.4 Å². The summed E-state index contributed by atoms with van der Waals surface area (Å²) in [5, 5.41) is 14.5. The van der Waals surface area contributed by atoms with Gasteiger partial charge in [-0.05, 0) is 12.5 Å². The van der Waals surface area contributed by atoms with E-state index in [9.17, 15) is 5.11 Å². The third-order valence-corrected chi connectivity index (χ3v) is 13.7. The van der Waals surface area contributed by atoms with Crippen LogP contribution in [-0.4, -0.2) is 252 Å². The van der Waals surface area contributed by atoms with Crippen LogP contribution in [0.15, 0.2) is 10.5 Å². The van der Waals surface area contributed by atoms with E-state index in [4.69, 9.17) is 85.3 Å². The van der Waals surface area contributed by atoms with Crippen LogP contribution in [0.5, 0.6) is 0 Å². The second-order valence-corrected chi connectivity index (χ2v) is 17.3. The Balaban J connectivity index is 1.64. The second kappa shape index (κ2) is 29.0. The molecule has 4 aliphatic rings. The number of aliphatic hydroxyl groups is 1. The predicted octanol–water partition coefficient (Wildman–Crippen LogP) is 0.540. The first-order chi connectivity index (χ1) is 31.1. The van der Waals surface area contributed by atoms with E-state index >= 15 is 0 Å². The molecule has 3 heterocycles. The third kappa shape index (κ3) is 13.1. The molecular weight excluding hydrogens is 887 g/mol. The molecule has 1 aliphatic carbocycles. The van der Waals surface area contributed by atoms with Gasteiger partial charge in [0.15, 0.2) is 18.9 Å². The molecule has 0 aromatic rings. The molecule has 2 N–H and O–H groups in total. The van der Waals surface area contributed by atoms with Gasteiger partial charge in [-0.25, -0.2) is 0 Å². The molecule has 64 heavy (non-hydrogen) atoms. The molecule has 3 saturated heterocycles. The average Bonchev–Trinajstić information content (AvgIpc) is 3.30. The van der Waals surface area contributed by atoms with Gasteiger partial charge in [-0.3, -0.25) is 5.32 Å². The van der Waals surface area contributed by atoms with Gasteiger partial charge in [0, 0.05) is 108 Å². The zero-order valence-corrected chi connectivity index (χ0v) is 41.5. The van der Waals surface area contributed by atoms with E-state index in [0.29, 0.717) is 24.7 Å². The van der Waals surface area contributed by atoms with Crippen LogP contribution in [0.1, 0.15) is 6.92 Å². The zero-order valence-electron chi connectivity index (χ0n) is 39.8. The number of nitrogens with one attached hydrogen (secondary N) is 1. The Morgan fingerprint density at radius 2 is 1.06 bits per heavy atom. The Morgan fingerprint density at radius 3 is 1.53 bits per heavy atom. The molecule has 4 rings (SSSR count). The maximum absolute atomic E-state index is 10.7. The molecule has 22 heteroatoms. The van der Waals surface area contributed by atoms with Gasteiger partial charge in [-0.2, -0.15) is 12.6 Å². The highest BCUT2D eigenvalue weighted by molar-refractivity contribution is 8.03. The monoisotopic (exact) mass is 963 g/mol. The molecule has 0 aromatic carbocycles. The van der Waals surface area contributed by atoms with Crippen LogP contribution in [-0.2, 0) is 85.3 Å². The van der Waals surface area contributed by atoms with E-state index in [2.05, 4.69) is 17.9 Å². The molecule has 0 bridgehead atoms. The van der Waals surface area contributed by atoms with Crippen molar-refractivity contribution in [2.75, 3.05) is 136 Å². The molecule has 8 unspecified atom stereocenters. The minimum absolute atomic E-state index is 0.0906. The minimum Gasteiger partial charge on any atom is -0.396 e. The molecule has 0 saturated carbocycles. The highest BCUT2D eigenvalue weighted by atomic mass is 32.2. The van der Waals surface area contributed by atoms with E-state index in [-0.39, 0.29) is 32.3 Å². The lowest BCUT2D eigenvalue weighted by atomic mass is 9.80. The number of hydrogen-bond acceptors (Lipinski definition) is 22. The number of thiol groups is 1. The van der Waals surface area contributed by atoms with Gasteiger partial charge >= 0.3 is 0 Å². The molecule has 0 aromatic heterocycles. The number of ether oxygens (including phenoxy) is 18. The molecule has 376 valence electrons. The molecule has 0 spiro atoms. The van der Waals surface area contributed by atoms with Gasteiger partial charge in [-0.1, -0.05) is 0 Å². The van der Waals surface area contributed by atoms with Crippen LogP contribution in [0, 0.1) is 5.92 Å². The number of methoxy groups -OCH3 is 12. The van der Waals surface area contributed by atoms with Gasteiger partial charge in [0.1, 0.15) is 67.1 Å². The summed E-state index contributed by atoms with van der Waals surface area (Å²) in [6.07, 6.45) is -11.6. The first-order valence-electron chi connectivity index (χ1n) is 21.5. The SMILES string of the molecule is COCC1=C(SCCOCCS)[C@@H](N[C@H]2C(C)O[C@@H](O[C@H]3C(COC)O[C@@H](O[C@H]4C(COC)OC(OC)C(OC)[C@H]4OC)C(OC)[C@H]3OC)C(OC)[C@H]2OC)C(OC)[C@@H](OC)[C@H]1CO. The minimum atomic E-state index is -1.02. The summed E-state index contributed by atoms with van der Waals surface area (Å²) in [6.45, 7) is 3.34. The maximum Gasteiger partial charge on any atom is 0.187 e. The fourth-order valence-corrected chi connectivity index (χ4v) is 10.7. The summed E-state index contributed by atoms with van der Waals surface area (Å²) < 4.78 is 110. The smallest absolute Gasteiger partial charge is 0.187 e. The fraction of sp³-hybridized carbons (Fsp3) is 0.952. The summed E-state index contributed by atoms with van der Waals surface area (Å²) in [4.78, 5) is 0.957. The van der Waals surface area contributed by atoms with E-state index in [1.165, 1.54) is 7.11 Å². The summed E-state index contributed by atoms with van der Waals surface area (Å²) in [5.74, 6) is 0.879. The lowest BCUT2D eigenvalue weighted by Crippen LogP contribution is -2.69. The highest BCUT2D eigenvalue weighted by Gasteiger charge is 2.56. The van der Waals surface area contributed by atoms with Crippen molar-refractivity contribution < 1.29 is 90.4 Å². The molecular formula is C42H77NO19S2. The van der Waals surface area contributed by atoms with Crippen molar-refractivity contribution in [3.63, 3.8) is 0 Å². The maximum atomic E-state index is 10.7. The third-order valence-electron chi connectivity index (χ3n) is 12.3. The predicted molar refractivity (Wildman–Crippen MR) is 236 cm³/mol. The first-order valence-corrected chi connectivity index (χ1v) is 23.1. The van der Waals surface area contributed by atoms with Crippen molar-refractivity contribution in [3.8, 4) is 0 Å². The van der Waals surface area contributed by atoms with Crippen molar-refractivity contribution in [3.05, 3.63) is 10.5 Å². The Labute approximate surface area is 389 Å². The Morgan fingerprint density at radius 1 is 0.562 bits per heavy atom. The largest absolute Gasteiger partial charge is 0.396 e. The molecule has 0 amide bonds. The van der Waals surface area contributed by atoms with Crippen molar-refractivity contribution in [1.82, 2.24) is 5.32 Å². The Bertz CT molecular complexity index is 1330. The van der Waals surface area contributed by atoms with Crippen molar-refractivity contribution in [1.29, 1.82) is 0 Å². The molecule has 20 nitrogen and oxygen atoms in total. The van der Waals surface area contributed by atoms with E-state index in [0.717, 1.165) is 10.5 Å². The zero-order chi connectivity index (χ0) is 46.9. The molecule has 3 fully saturated rings. The summed E-state index contributed by atoms with van der Waals surface area (Å²) in [7, 11) is 19.0. The van der Waals surface area contributed by atoms with E-state index in [1.807, 2.05) is 6.92 Å². The molecule has 0 radical (unpaired) electrons. The fourth-order valence-electron chi connectivity index (χ4n) is 9.39. The second-order valence-electron chi connectivity index (χ2n) is 15.7. The van der Waals surface area contributed by atoms with Crippen LogP contribution in [0.25, 0.3) is 0 Å². The summed E-state index contributed by atoms with van der Waals surface area (Å²) in [5.41, 5.74) is 0.910. The molecule has 19 atom stereocenters. The number of rotatable bonds is 28. The van der Waals surface area contributed by atoms with Crippen LogP contribution in [0.3, 0.4) is 0 Å². The topological polar surface area (TPSA) is 198 Å². The van der Waals surface area contributed by atoms with Gasteiger partial charge < -0.3 is 90.4 Å². The van der Waals surface area contributed by atoms with Crippen molar-refractivity contribution in [2.24, 2.45) is 5.92 Å².